The molecule has 2 heteroatoms. The van der Waals surface area contributed by atoms with Crippen molar-refractivity contribution < 1.29 is 4.79 Å². The largest absolute Gasteiger partial charge is 0.303 e. The highest BCUT2D eigenvalue weighted by atomic mass is 35.5. The molecule has 12 heavy (non-hydrogen) atoms. The minimum Gasteiger partial charge on any atom is -0.303 e. The molecule has 0 unspecified atom stereocenters. The van der Waals surface area contributed by atoms with Gasteiger partial charge in [-0.05, 0) is 18.1 Å². The summed E-state index contributed by atoms with van der Waals surface area (Å²) in [6, 6.07) is 7.60. The number of hydrogen-bond donors (Lipinski definition) is 0. The van der Waals surface area contributed by atoms with Crippen molar-refractivity contribution in [1.29, 1.82) is 0 Å². The Bertz CT molecular complexity index is 270. The van der Waals surface area contributed by atoms with E-state index >= 15 is 0 Å². The lowest BCUT2D eigenvalue weighted by Crippen LogP contribution is -2.00. The molecule has 1 rings (SSSR count). The summed E-state index contributed by atoms with van der Waals surface area (Å²) >= 11 is 5.91. The Morgan fingerprint density at radius 3 is 2.75 bits per heavy atom. The molecule has 1 aromatic carbocycles. The van der Waals surface area contributed by atoms with Crippen molar-refractivity contribution in [3.05, 3.63) is 34.9 Å². The molecule has 1 atom stereocenters. The fourth-order valence-corrected chi connectivity index (χ4v) is 1.27. The predicted octanol–water partition coefficient (Wildman–Crippen LogP) is 2.72. The van der Waals surface area contributed by atoms with E-state index in [2.05, 4.69) is 0 Å². The molecule has 0 aliphatic heterocycles. The number of hydrogen-bond acceptors (Lipinski definition) is 1. The first kappa shape index (κ1) is 9.27. The number of rotatable bonds is 3. The molecule has 0 heterocycles. The summed E-state index contributed by atoms with van der Waals surface area (Å²) in [5.41, 5.74) is 1.04. The van der Waals surface area contributed by atoms with E-state index in [1.807, 2.05) is 31.2 Å². The highest BCUT2D eigenvalue weighted by Gasteiger charge is 2.04. The average molecular weight is 183 g/mol. The molecule has 0 N–H and O–H groups in total. The summed E-state index contributed by atoms with van der Waals surface area (Å²) in [4.78, 5) is 10.4. The summed E-state index contributed by atoms with van der Waals surface area (Å²) in [5.74, 6) is 0.0462. The smallest absolute Gasteiger partial charge is 0.123 e. The minimum atomic E-state index is 0.0462. The maximum atomic E-state index is 10.4. The summed E-state index contributed by atoms with van der Waals surface area (Å²) < 4.78 is 0. The molecule has 0 amide bonds. The molecule has 0 aliphatic rings. The topological polar surface area (TPSA) is 17.1 Å². The molecule has 0 saturated carbocycles. The van der Waals surface area contributed by atoms with Crippen LogP contribution in [0.1, 0.15) is 12.5 Å². The van der Waals surface area contributed by atoms with Gasteiger partial charge in [0.25, 0.3) is 0 Å². The first-order chi connectivity index (χ1) is 5.74. The van der Waals surface area contributed by atoms with Crippen molar-refractivity contribution in [2.75, 3.05) is 0 Å². The lowest BCUT2D eigenvalue weighted by Gasteiger charge is -2.04. The van der Waals surface area contributed by atoms with Crippen LogP contribution in [0.4, 0.5) is 0 Å². The Kier molecular flexibility index (Phi) is 3.30. The Labute approximate surface area is 77.4 Å². The third kappa shape index (κ3) is 2.35. The van der Waals surface area contributed by atoms with Crippen LogP contribution in [-0.4, -0.2) is 6.29 Å². The Balaban J connectivity index is 2.75. The molecule has 1 aromatic rings. The molecule has 0 saturated heterocycles. The van der Waals surface area contributed by atoms with Gasteiger partial charge in [-0.25, -0.2) is 0 Å². The predicted molar refractivity (Wildman–Crippen MR) is 50.4 cm³/mol. The Morgan fingerprint density at radius 1 is 1.50 bits per heavy atom. The number of halogens is 1. The van der Waals surface area contributed by atoms with Crippen LogP contribution in [0.2, 0.25) is 5.02 Å². The van der Waals surface area contributed by atoms with Crippen LogP contribution in [0.3, 0.4) is 0 Å². The fourth-order valence-electron chi connectivity index (χ4n) is 1.06. The van der Waals surface area contributed by atoms with Crippen LogP contribution in [0.5, 0.6) is 0 Å². The summed E-state index contributed by atoms with van der Waals surface area (Å²) in [7, 11) is 0. The van der Waals surface area contributed by atoms with Gasteiger partial charge in [0, 0.05) is 10.9 Å². The maximum Gasteiger partial charge on any atom is 0.123 e. The number of carbonyl (C=O) groups is 1. The zero-order chi connectivity index (χ0) is 8.97. The maximum absolute atomic E-state index is 10.4. The van der Waals surface area contributed by atoms with Crippen LogP contribution < -0.4 is 0 Å². The fraction of sp³-hybridized carbons (Fsp3) is 0.300. The van der Waals surface area contributed by atoms with Crippen LogP contribution in [-0.2, 0) is 11.2 Å². The molecule has 0 radical (unpaired) electrons. The van der Waals surface area contributed by atoms with Gasteiger partial charge in [-0.2, -0.15) is 0 Å². The third-order valence-corrected chi connectivity index (χ3v) is 2.10. The van der Waals surface area contributed by atoms with Crippen LogP contribution >= 0.6 is 11.6 Å². The van der Waals surface area contributed by atoms with Crippen molar-refractivity contribution >= 4 is 17.9 Å². The Morgan fingerprint density at radius 2 is 2.17 bits per heavy atom. The summed E-state index contributed by atoms with van der Waals surface area (Å²) in [6.45, 7) is 1.89. The molecular formula is C10H11ClO. The van der Waals surface area contributed by atoms with E-state index in [1.54, 1.807) is 0 Å². The van der Waals surface area contributed by atoms with Gasteiger partial charge in [0.05, 0.1) is 0 Å². The molecule has 0 bridgehead atoms. The molecule has 0 aromatic heterocycles. The van der Waals surface area contributed by atoms with Gasteiger partial charge >= 0.3 is 0 Å². The van der Waals surface area contributed by atoms with Gasteiger partial charge in [0.15, 0.2) is 0 Å². The zero-order valence-electron chi connectivity index (χ0n) is 6.96. The highest BCUT2D eigenvalue weighted by Crippen LogP contribution is 2.17. The van der Waals surface area contributed by atoms with Gasteiger partial charge in [-0.15, -0.1) is 0 Å². The van der Waals surface area contributed by atoms with Gasteiger partial charge in [-0.1, -0.05) is 36.7 Å². The second kappa shape index (κ2) is 4.27. The van der Waals surface area contributed by atoms with E-state index in [1.165, 1.54) is 0 Å². The third-order valence-electron chi connectivity index (χ3n) is 1.73. The Hall–Kier alpha value is -0.820. The van der Waals surface area contributed by atoms with Crippen LogP contribution in [0, 0.1) is 5.92 Å². The number of aldehydes is 1. The van der Waals surface area contributed by atoms with E-state index in [-0.39, 0.29) is 5.92 Å². The molecular weight excluding hydrogens is 172 g/mol. The lowest BCUT2D eigenvalue weighted by atomic mass is 10.0. The number of carbonyl (C=O) groups excluding carboxylic acids is 1. The summed E-state index contributed by atoms with van der Waals surface area (Å²) in [6.07, 6.45) is 1.67. The van der Waals surface area contributed by atoms with Gasteiger partial charge in [0.2, 0.25) is 0 Å². The zero-order valence-corrected chi connectivity index (χ0v) is 7.71. The highest BCUT2D eigenvalue weighted by molar-refractivity contribution is 6.31. The summed E-state index contributed by atoms with van der Waals surface area (Å²) in [5, 5.41) is 0.742. The first-order valence-electron chi connectivity index (χ1n) is 3.92. The van der Waals surface area contributed by atoms with Crippen molar-refractivity contribution in [2.24, 2.45) is 5.92 Å². The van der Waals surface area contributed by atoms with E-state index in [0.29, 0.717) is 0 Å². The monoisotopic (exact) mass is 182 g/mol. The van der Waals surface area contributed by atoms with Crippen molar-refractivity contribution in [3.63, 3.8) is 0 Å². The molecule has 0 spiro atoms. The minimum absolute atomic E-state index is 0.0462. The van der Waals surface area contributed by atoms with Gasteiger partial charge < -0.3 is 4.79 Å². The van der Waals surface area contributed by atoms with E-state index in [9.17, 15) is 4.79 Å². The van der Waals surface area contributed by atoms with Crippen molar-refractivity contribution in [3.8, 4) is 0 Å². The van der Waals surface area contributed by atoms with Gasteiger partial charge in [0.1, 0.15) is 6.29 Å². The quantitative estimate of drug-likeness (QED) is 0.657. The van der Waals surface area contributed by atoms with E-state index in [0.717, 1.165) is 23.3 Å². The SMILES string of the molecule is C[C@@H](C=O)Cc1ccccc1Cl. The standard InChI is InChI=1S/C10H11ClO/c1-8(7-12)6-9-4-2-3-5-10(9)11/h2-5,7-8H,6H2,1H3/t8-/m1/s1. The van der Waals surface area contributed by atoms with Crippen LogP contribution in [0.25, 0.3) is 0 Å². The normalized spacial score (nSPS) is 12.5. The van der Waals surface area contributed by atoms with E-state index < -0.39 is 0 Å². The van der Waals surface area contributed by atoms with Crippen LogP contribution in [0.15, 0.2) is 24.3 Å². The van der Waals surface area contributed by atoms with E-state index in [4.69, 9.17) is 11.6 Å². The molecule has 0 fully saturated rings. The second-order valence-corrected chi connectivity index (χ2v) is 3.32. The molecule has 1 nitrogen and oxygen atoms in total. The number of benzene rings is 1. The lowest BCUT2D eigenvalue weighted by molar-refractivity contribution is -0.110. The van der Waals surface area contributed by atoms with Gasteiger partial charge in [-0.3, -0.25) is 0 Å². The molecule has 0 aliphatic carbocycles. The molecule has 64 valence electrons. The van der Waals surface area contributed by atoms with Crippen molar-refractivity contribution in [1.82, 2.24) is 0 Å². The first-order valence-corrected chi connectivity index (χ1v) is 4.30. The average Bonchev–Trinajstić information content (AvgIpc) is 2.09. The van der Waals surface area contributed by atoms with Crippen molar-refractivity contribution in [2.45, 2.75) is 13.3 Å². The second-order valence-electron chi connectivity index (χ2n) is 2.91.